The number of amides is 2. The minimum Gasteiger partial charge on any atom is -0.359 e. The Morgan fingerprint density at radius 2 is 1.54 bits per heavy atom. The SMILES string of the molecule is CC(=O)Nc1ccc(N[C@@H](NC(=O)c2ccccc2)C(=O)c2cccs2)cc1. The van der Waals surface area contributed by atoms with E-state index in [4.69, 9.17) is 0 Å². The van der Waals surface area contributed by atoms with Crippen LogP contribution in [0.25, 0.3) is 0 Å². The zero-order valence-corrected chi connectivity index (χ0v) is 16.0. The Balaban J connectivity index is 1.79. The lowest BCUT2D eigenvalue weighted by atomic mass is 10.2. The highest BCUT2D eigenvalue weighted by Gasteiger charge is 2.23. The fourth-order valence-corrected chi connectivity index (χ4v) is 3.25. The summed E-state index contributed by atoms with van der Waals surface area (Å²) in [5.74, 6) is -0.746. The molecule has 2 aromatic carbocycles. The number of benzene rings is 2. The lowest BCUT2D eigenvalue weighted by Gasteiger charge is -2.20. The monoisotopic (exact) mass is 393 g/mol. The molecule has 0 bridgehead atoms. The van der Waals surface area contributed by atoms with Gasteiger partial charge in [-0.05, 0) is 47.8 Å². The molecule has 0 saturated heterocycles. The summed E-state index contributed by atoms with van der Waals surface area (Å²) in [6, 6.07) is 19.1. The number of rotatable bonds is 7. The molecule has 3 aromatic rings. The summed E-state index contributed by atoms with van der Waals surface area (Å²) in [4.78, 5) is 37.1. The fourth-order valence-electron chi connectivity index (χ4n) is 2.55. The number of thiophene rings is 1. The van der Waals surface area contributed by atoms with Crippen molar-refractivity contribution in [3.63, 3.8) is 0 Å². The maximum Gasteiger partial charge on any atom is 0.253 e. The second-order valence-electron chi connectivity index (χ2n) is 6.02. The average molecular weight is 393 g/mol. The van der Waals surface area contributed by atoms with Gasteiger partial charge in [0.2, 0.25) is 11.7 Å². The first-order chi connectivity index (χ1) is 13.5. The van der Waals surface area contributed by atoms with Gasteiger partial charge in [-0.15, -0.1) is 11.3 Å². The van der Waals surface area contributed by atoms with Crippen molar-refractivity contribution in [2.45, 2.75) is 13.1 Å². The number of ketones is 1. The highest BCUT2D eigenvalue weighted by atomic mass is 32.1. The van der Waals surface area contributed by atoms with Crippen molar-refractivity contribution in [2.24, 2.45) is 0 Å². The van der Waals surface area contributed by atoms with E-state index in [0.717, 1.165) is 0 Å². The van der Waals surface area contributed by atoms with Crippen molar-refractivity contribution in [3.8, 4) is 0 Å². The maximum atomic E-state index is 12.9. The summed E-state index contributed by atoms with van der Waals surface area (Å²) >= 11 is 1.31. The van der Waals surface area contributed by atoms with Gasteiger partial charge in [0.1, 0.15) is 0 Å². The topological polar surface area (TPSA) is 87.3 Å². The van der Waals surface area contributed by atoms with E-state index in [1.165, 1.54) is 18.3 Å². The number of nitrogens with one attached hydrogen (secondary N) is 3. The Morgan fingerprint density at radius 3 is 2.14 bits per heavy atom. The first-order valence-corrected chi connectivity index (χ1v) is 9.49. The molecule has 0 spiro atoms. The Kier molecular flexibility index (Phi) is 6.18. The zero-order chi connectivity index (χ0) is 19.9. The minimum atomic E-state index is -0.932. The molecule has 2 amide bonds. The van der Waals surface area contributed by atoms with Crippen LogP contribution in [0.5, 0.6) is 0 Å². The highest BCUT2D eigenvalue weighted by molar-refractivity contribution is 7.12. The summed E-state index contributed by atoms with van der Waals surface area (Å²) in [6.45, 7) is 1.43. The third-order valence-corrected chi connectivity index (χ3v) is 4.74. The van der Waals surface area contributed by atoms with Crippen LogP contribution in [0.4, 0.5) is 11.4 Å². The van der Waals surface area contributed by atoms with Gasteiger partial charge >= 0.3 is 0 Å². The predicted octanol–water partition coefficient (Wildman–Crippen LogP) is 3.76. The molecule has 7 heteroatoms. The van der Waals surface area contributed by atoms with Gasteiger partial charge in [0.25, 0.3) is 5.91 Å². The quantitative estimate of drug-likeness (QED) is 0.421. The molecule has 3 rings (SSSR count). The van der Waals surface area contributed by atoms with Crippen molar-refractivity contribution in [3.05, 3.63) is 82.6 Å². The molecule has 3 N–H and O–H groups in total. The van der Waals surface area contributed by atoms with E-state index in [1.807, 2.05) is 11.4 Å². The number of carbonyl (C=O) groups is 3. The highest BCUT2D eigenvalue weighted by Crippen LogP contribution is 2.17. The van der Waals surface area contributed by atoms with Crippen molar-refractivity contribution >= 4 is 40.3 Å². The van der Waals surface area contributed by atoms with Gasteiger partial charge in [-0.25, -0.2) is 0 Å². The fraction of sp³-hybridized carbons (Fsp3) is 0.0952. The molecule has 0 unspecified atom stereocenters. The summed E-state index contributed by atoms with van der Waals surface area (Å²) in [7, 11) is 0. The molecule has 0 saturated carbocycles. The largest absolute Gasteiger partial charge is 0.359 e. The molecule has 6 nitrogen and oxygen atoms in total. The van der Waals surface area contributed by atoms with E-state index in [9.17, 15) is 14.4 Å². The first-order valence-electron chi connectivity index (χ1n) is 8.61. The van der Waals surface area contributed by atoms with E-state index in [0.29, 0.717) is 21.8 Å². The molecule has 0 radical (unpaired) electrons. The summed E-state index contributed by atoms with van der Waals surface area (Å²) in [6.07, 6.45) is -0.932. The van der Waals surface area contributed by atoms with Crippen LogP contribution in [0, 0.1) is 0 Å². The second kappa shape index (κ2) is 8.96. The number of carbonyl (C=O) groups excluding carboxylic acids is 3. The molecule has 142 valence electrons. The number of anilines is 2. The first kappa shape index (κ1) is 19.3. The van der Waals surface area contributed by atoms with Crippen LogP contribution in [0.1, 0.15) is 27.0 Å². The van der Waals surface area contributed by atoms with Gasteiger partial charge in [0.05, 0.1) is 4.88 Å². The molecule has 0 fully saturated rings. The lowest BCUT2D eigenvalue weighted by Crippen LogP contribution is -2.46. The summed E-state index contributed by atoms with van der Waals surface area (Å²) < 4.78 is 0. The minimum absolute atomic E-state index is 0.165. The van der Waals surface area contributed by atoms with Crippen LogP contribution in [0.3, 0.4) is 0 Å². The molecular weight excluding hydrogens is 374 g/mol. The van der Waals surface area contributed by atoms with Gasteiger partial charge in [-0.3, -0.25) is 14.4 Å². The van der Waals surface area contributed by atoms with E-state index < -0.39 is 6.17 Å². The van der Waals surface area contributed by atoms with Crippen LogP contribution in [-0.4, -0.2) is 23.8 Å². The van der Waals surface area contributed by atoms with Crippen molar-refractivity contribution in [1.29, 1.82) is 0 Å². The molecule has 1 atom stereocenters. The van der Waals surface area contributed by atoms with Crippen molar-refractivity contribution in [1.82, 2.24) is 5.32 Å². The van der Waals surface area contributed by atoms with E-state index in [2.05, 4.69) is 16.0 Å². The number of hydrogen-bond acceptors (Lipinski definition) is 5. The van der Waals surface area contributed by atoms with Crippen molar-refractivity contribution in [2.75, 3.05) is 10.6 Å². The molecule has 0 aliphatic rings. The van der Waals surface area contributed by atoms with Crippen LogP contribution in [0.15, 0.2) is 72.1 Å². The van der Waals surface area contributed by atoms with E-state index in [-0.39, 0.29) is 17.6 Å². The number of Topliss-reactive ketones (excluding diaryl/α,β-unsaturated/α-hetero) is 1. The molecule has 0 aliphatic carbocycles. The predicted molar refractivity (Wildman–Crippen MR) is 111 cm³/mol. The van der Waals surface area contributed by atoms with Gasteiger partial charge in [0.15, 0.2) is 6.17 Å². The molecular formula is C21H19N3O3S. The molecule has 0 aliphatic heterocycles. The Bertz CT molecular complexity index is 954. The van der Waals surface area contributed by atoms with Gasteiger partial charge in [-0.1, -0.05) is 24.3 Å². The van der Waals surface area contributed by atoms with Crippen LogP contribution in [-0.2, 0) is 4.79 Å². The zero-order valence-electron chi connectivity index (χ0n) is 15.1. The van der Waals surface area contributed by atoms with Gasteiger partial charge in [-0.2, -0.15) is 0 Å². The summed E-state index contributed by atoms with van der Waals surface area (Å²) in [5.41, 5.74) is 1.75. The third-order valence-electron chi connectivity index (χ3n) is 3.85. The van der Waals surface area contributed by atoms with Gasteiger partial charge in [0, 0.05) is 23.9 Å². The van der Waals surface area contributed by atoms with Crippen LogP contribution >= 0.6 is 11.3 Å². The van der Waals surface area contributed by atoms with Crippen LogP contribution in [0.2, 0.25) is 0 Å². The van der Waals surface area contributed by atoms with E-state index in [1.54, 1.807) is 60.7 Å². The van der Waals surface area contributed by atoms with E-state index >= 15 is 0 Å². The Labute approximate surface area is 166 Å². The molecule has 28 heavy (non-hydrogen) atoms. The average Bonchev–Trinajstić information content (AvgIpc) is 3.23. The van der Waals surface area contributed by atoms with Crippen molar-refractivity contribution < 1.29 is 14.4 Å². The number of hydrogen-bond donors (Lipinski definition) is 3. The normalized spacial score (nSPS) is 11.3. The molecule has 1 aromatic heterocycles. The smallest absolute Gasteiger partial charge is 0.253 e. The lowest BCUT2D eigenvalue weighted by molar-refractivity contribution is -0.114. The van der Waals surface area contributed by atoms with Crippen LogP contribution < -0.4 is 16.0 Å². The standard InChI is InChI=1S/C21H19N3O3S/c1-14(25)22-16-9-11-17(12-10-16)23-20(19(26)18-8-5-13-28-18)24-21(27)15-6-3-2-4-7-15/h2-13,20,23H,1H3,(H,22,25)(H,24,27)/t20-/m0/s1. The summed E-state index contributed by atoms with van der Waals surface area (Å²) in [5, 5.41) is 10.3. The second-order valence-corrected chi connectivity index (χ2v) is 6.96. The Morgan fingerprint density at radius 1 is 0.857 bits per heavy atom. The maximum absolute atomic E-state index is 12.9. The van der Waals surface area contributed by atoms with Gasteiger partial charge < -0.3 is 16.0 Å². The molecule has 1 heterocycles. The Hall–Kier alpha value is -3.45. The third kappa shape index (κ3) is 5.05.